The number of nitro benzene ring substituents is 2. The molecular formula is C22H23BrN6O9. The summed E-state index contributed by atoms with van der Waals surface area (Å²) in [5.41, 5.74) is -0.893. The number of hydrogen-bond donors (Lipinski definition) is 2. The van der Waals surface area contributed by atoms with E-state index < -0.39 is 39.0 Å². The lowest BCUT2D eigenvalue weighted by Crippen LogP contribution is -2.24. The predicted octanol–water partition coefficient (Wildman–Crippen LogP) is 4.83. The highest BCUT2D eigenvalue weighted by Crippen LogP contribution is 2.42. The zero-order valence-electron chi connectivity index (χ0n) is 20.6. The highest BCUT2D eigenvalue weighted by atomic mass is 79.9. The molecule has 2 aromatic carbocycles. The van der Waals surface area contributed by atoms with Crippen LogP contribution in [0.1, 0.15) is 20.8 Å². The van der Waals surface area contributed by atoms with Gasteiger partial charge in [-0.25, -0.2) is 0 Å². The maximum atomic E-state index is 12.1. The van der Waals surface area contributed by atoms with E-state index in [0.29, 0.717) is 5.69 Å². The largest absolute Gasteiger partial charge is 0.495 e. The molecule has 0 saturated heterocycles. The molecule has 0 fully saturated rings. The van der Waals surface area contributed by atoms with Crippen LogP contribution in [0.15, 0.2) is 39.0 Å². The Morgan fingerprint density at radius 1 is 1.05 bits per heavy atom. The second-order valence-corrected chi connectivity index (χ2v) is 8.71. The van der Waals surface area contributed by atoms with Gasteiger partial charge in [-0.2, -0.15) is 0 Å². The normalized spacial score (nSPS) is 11.5. The Morgan fingerprint density at radius 3 is 2.29 bits per heavy atom. The Balaban J connectivity index is 2.44. The highest BCUT2D eigenvalue weighted by molar-refractivity contribution is 9.10. The number of anilines is 2. The molecule has 0 aliphatic rings. The second-order valence-electron chi connectivity index (χ2n) is 7.85. The molecule has 0 aliphatic heterocycles. The van der Waals surface area contributed by atoms with Crippen LogP contribution in [0.5, 0.6) is 5.75 Å². The summed E-state index contributed by atoms with van der Waals surface area (Å²) >= 11 is 3.05. The van der Waals surface area contributed by atoms with Gasteiger partial charge < -0.3 is 20.1 Å². The average molecular weight is 595 g/mol. The van der Waals surface area contributed by atoms with Gasteiger partial charge in [0.25, 0.3) is 5.69 Å². The number of esters is 1. The molecule has 38 heavy (non-hydrogen) atoms. The standard InChI is InChI=1S/C22H23BrN6O9/c1-11(22(32)38-10-12(2)30)9-24-18-7-16(25-13(3)31)17(8-20(18)37-4)26-27-21-15(23)5-14(28(33)34)6-19(21)29(35)36/h5-8,11,24H,9-10H2,1-4H3,(H,25,31)/b27-26+. The number of halogens is 1. The van der Waals surface area contributed by atoms with Crippen LogP contribution in [0, 0.1) is 26.1 Å². The van der Waals surface area contributed by atoms with E-state index >= 15 is 0 Å². The third-order valence-corrected chi connectivity index (χ3v) is 5.35. The molecule has 2 N–H and O–H groups in total. The summed E-state index contributed by atoms with van der Waals surface area (Å²) in [6.45, 7) is 3.90. The molecule has 1 amide bonds. The fourth-order valence-corrected chi connectivity index (χ4v) is 3.45. The lowest BCUT2D eigenvalue weighted by Gasteiger charge is -2.17. The summed E-state index contributed by atoms with van der Waals surface area (Å²) in [4.78, 5) is 55.8. The topological polar surface area (TPSA) is 205 Å². The van der Waals surface area contributed by atoms with Crippen LogP contribution in [0.3, 0.4) is 0 Å². The van der Waals surface area contributed by atoms with Crippen molar-refractivity contribution in [3.05, 3.63) is 49.0 Å². The average Bonchev–Trinajstić information content (AvgIpc) is 2.84. The van der Waals surface area contributed by atoms with Gasteiger partial charge in [0.15, 0.2) is 11.5 Å². The molecule has 0 aliphatic carbocycles. The van der Waals surface area contributed by atoms with Crippen molar-refractivity contribution in [3.8, 4) is 5.75 Å². The maximum absolute atomic E-state index is 12.1. The lowest BCUT2D eigenvalue weighted by molar-refractivity contribution is -0.393. The molecule has 0 heterocycles. The van der Waals surface area contributed by atoms with Crippen molar-refractivity contribution in [2.24, 2.45) is 16.1 Å². The van der Waals surface area contributed by atoms with Crippen LogP contribution in [-0.4, -0.2) is 47.8 Å². The van der Waals surface area contributed by atoms with E-state index in [1.54, 1.807) is 6.92 Å². The number of nitrogens with one attached hydrogen (secondary N) is 2. The third-order valence-electron chi connectivity index (χ3n) is 4.74. The third kappa shape index (κ3) is 8.02. The van der Waals surface area contributed by atoms with Crippen LogP contribution >= 0.6 is 15.9 Å². The van der Waals surface area contributed by atoms with E-state index in [1.165, 1.54) is 33.1 Å². The SMILES string of the molecule is COc1cc(/N=N/c2c(Br)cc([N+](=O)[O-])cc2[N+](=O)[O-])c(NC(C)=O)cc1NCC(C)C(=O)OCC(C)=O. The molecule has 1 atom stereocenters. The quantitative estimate of drug-likeness (QED) is 0.148. The number of ether oxygens (including phenoxy) is 2. The van der Waals surface area contributed by atoms with Gasteiger partial charge in [-0.3, -0.25) is 34.6 Å². The first-order valence-electron chi connectivity index (χ1n) is 10.8. The zero-order valence-corrected chi connectivity index (χ0v) is 22.2. The van der Waals surface area contributed by atoms with Crippen LogP contribution in [0.4, 0.5) is 34.1 Å². The minimum Gasteiger partial charge on any atom is -0.495 e. The monoisotopic (exact) mass is 594 g/mol. The number of methoxy groups -OCH3 is 1. The van der Waals surface area contributed by atoms with Gasteiger partial charge in [0.05, 0.1) is 44.8 Å². The van der Waals surface area contributed by atoms with Gasteiger partial charge in [0.2, 0.25) is 5.91 Å². The summed E-state index contributed by atoms with van der Waals surface area (Å²) in [6.07, 6.45) is 0. The number of rotatable bonds is 12. The number of Topliss-reactive ketones (excluding diaryl/α,β-unsaturated/α-hetero) is 1. The fourth-order valence-electron chi connectivity index (χ4n) is 2.93. The van der Waals surface area contributed by atoms with E-state index in [9.17, 15) is 34.6 Å². The number of amides is 1. The van der Waals surface area contributed by atoms with Crippen LogP contribution in [0.25, 0.3) is 0 Å². The molecule has 16 heteroatoms. The van der Waals surface area contributed by atoms with Gasteiger partial charge in [0.1, 0.15) is 18.0 Å². The van der Waals surface area contributed by atoms with Gasteiger partial charge >= 0.3 is 11.7 Å². The molecule has 0 saturated carbocycles. The number of benzene rings is 2. The molecule has 0 spiro atoms. The minimum atomic E-state index is -0.836. The molecule has 1 unspecified atom stereocenters. The van der Waals surface area contributed by atoms with E-state index in [4.69, 9.17) is 9.47 Å². The summed E-state index contributed by atoms with van der Waals surface area (Å²) in [7, 11) is 1.36. The van der Waals surface area contributed by atoms with E-state index in [2.05, 4.69) is 36.8 Å². The first-order valence-corrected chi connectivity index (χ1v) is 11.6. The van der Waals surface area contributed by atoms with Crippen molar-refractivity contribution in [1.82, 2.24) is 0 Å². The molecule has 2 aromatic rings. The summed E-state index contributed by atoms with van der Waals surface area (Å²) in [6, 6.07) is 4.65. The number of azo groups is 1. The van der Waals surface area contributed by atoms with Crippen LogP contribution < -0.4 is 15.4 Å². The first-order chi connectivity index (χ1) is 17.8. The number of nitrogens with zero attached hydrogens (tertiary/aromatic N) is 4. The van der Waals surface area contributed by atoms with E-state index in [-0.39, 0.29) is 46.2 Å². The molecule has 0 radical (unpaired) electrons. The number of nitro groups is 2. The van der Waals surface area contributed by atoms with Crippen molar-refractivity contribution in [2.45, 2.75) is 20.8 Å². The van der Waals surface area contributed by atoms with Crippen LogP contribution in [-0.2, 0) is 19.1 Å². The Hall–Kier alpha value is -4.47. The Morgan fingerprint density at radius 2 is 1.74 bits per heavy atom. The highest BCUT2D eigenvalue weighted by Gasteiger charge is 2.24. The van der Waals surface area contributed by atoms with Gasteiger partial charge in [-0.05, 0) is 28.9 Å². The molecule has 2 rings (SSSR count). The van der Waals surface area contributed by atoms with Crippen molar-refractivity contribution in [3.63, 3.8) is 0 Å². The molecular weight excluding hydrogens is 572 g/mol. The predicted molar refractivity (Wildman–Crippen MR) is 138 cm³/mol. The smallest absolute Gasteiger partial charge is 0.310 e. The van der Waals surface area contributed by atoms with Crippen molar-refractivity contribution in [2.75, 3.05) is 30.9 Å². The lowest BCUT2D eigenvalue weighted by atomic mass is 10.1. The maximum Gasteiger partial charge on any atom is 0.310 e. The van der Waals surface area contributed by atoms with Crippen molar-refractivity contribution >= 4 is 67.7 Å². The van der Waals surface area contributed by atoms with Crippen molar-refractivity contribution in [1.29, 1.82) is 0 Å². The number of ketones is 1. The molecule has 0 aromatic heterocycles. The molecule has 15 nitrogen and oxygen atoms in total. The number of hydrogen-bond acceptors (Lipinski definition) is 12. The van der Waals surface area contributed by atoms with Gasteiger partial charge in [0, 0.05) is 25.6 Å². The van der Waals surface area contributed by atoms with Crippen molar-refractivity contribution < 1.29 is 33.7 Å². The second kappa shape index (κ2) is 13.2. The Kier molecular flexibility index (Phi) is 10.3. The number of carbonyl (C=O) groups excluding carboxylic acids is 3. The number of carbonyl (C=O) groups is 3. The van der Waals surface area contributed by atoms with Crippen LogP contribution in [0.2, 0.25) is 0 Å². The Labute approximate surface area is 224 Å². The molecule has 0 bridgehead atoms. The fraction of sp³-hybridized carbons (Fsp3) is 0.318. The van der Waals surface area contributed by atoms with E-state index in [0.717, 1.165) is 12.1 Å². The zero-order chi connectivity index (χ0) is 28.6. The summed E-state index contributed by atoms with van der Waals surface area (Å²) in [5.74, 6) is -1.75. The summed E-state index contributed by atoms with van der Waals surface area (Å²) in [5, 5.41) is 36.0. The van der Waals surface area contributed by atoms with E-state index in [1.807, 2.05) is 0 Å². The summed E-state index contributed by atoms with van der Waals surface area (Å²) < 4.78 is 10.2. The minimum absolute atomic E-state index is 0.0425. The van der Waals surface area contributed by atoms with Gasteiger partial charge in [-0.15, -0.1) is 10.2 Å². The first kappa shape index (κ1) is 29.8. The Bertz CT molecular complexity index is 1310. The number of non-ortho nitro benzene ring substituents is 1. The van der Waals surface area contributed by atoms with Gasteiger partial charge in [-0.1, -0.05) is 6.92 Å². The molecule has 202 valence electrons.